The van der Waals surface area contributed by atoms with Gasteiger partial charge in [0.25, 0.3) is 0 Å². The predicted octanol–water partition coefficient (Wildman–Crippen LogP) is 2.82. The number of hydrogen-bond acceptors (Lipinski definition) is 4. The first-order valence-electron chi connectivity index (χ1n) is 7.58. The van der Waals surface area contributed by atoms with E-state index in [0.29, 0.717) is 6.61 Å². The van der Waals surface area contributed by atoms with Gasteiger partial charge < -0.3 is 14.0 Å². The largest absolute Gasteiger partial charge is 0.497 e. The summed E-state index contributed by atoms with van der Waals surface area (Å²) >= 11 is 0. The highest BCUT2D eigenvalue weighted by Crippen LogP contribution is 2.25. The second kappa shape index (κ2) is 5.76. The Morgan fingerprint density at radius 2 is 1.91 bits per heavy atom. The summed E-state index contributed by atoms with van der Waals surface area (Å²) in [7, 11) is 1.67. The summed E-state index contributed by atoms with van der Waals surface area (Å²) in [6.45, 7) is 1.19. The zero-order valence-corrected chi connectivity index (χ0v) is 12.9. The van der Waals surface area contributed by atoms with Crippen LogP contribution in [0.1, 0.15) is 22.8 Å². The van der Waals surface area contributed by atoms with E-state index in [1.165, 1.54) is 5.56 Å². The molecule has 23 heavy (non-hydrogen) atoms. The van der Waals surface area contributed by atoms with E-state index >= 15 is 0 Å². The fourth-order valence-corrected chi connectivity index (χ4v) is 2.81. The van der Waals surface area contributed by atoms with Crippen LogP contribution in [0.3, 0.4) is 0 Å². The van der Waals surface area contributed by atoms with Crippen molar-refractivity contribution in [3.63, 3.8) is 0 Å². The van der Waals surface area contributed by atoms with Gasteiger partial charge in [-0.2, -0.15) is 0 Å². The summed E-state index contributed by atoms with van der Waals surface area (Å²) in [5.41, 5.74) is 2.33. The first-order chi connectivity index (χ1) is 11.3. The molecule has 0 unspecified atom stereocenters. The Balaban J connectivity index is 1.63. The van der Waals surface area contributed by atoms with Gasteiger partial charge >= 0.3 is 0 Å². The van der Waals surface area contributed by atoms with E-state index in [-0.39, 0.29) is 0 Å². The van der Waals surface area contributed by atoms with E-state index in [0.717, 1.165) is 41.7 Å². The maximum atomic E-state index is 5.83. The lowest BCUT2D eigenvalue weighted by molar-refractivity contribution is 0.297. The van der Waals surface area contributed by atoms with Gasteiger partial charge in [0.15, 0.2) is 5.82 Å². The average molecular weight is 307 g/mol. The SMILES string of the molecule is COc1ccc(Cc2nnc3n2Cc2ccccc2OC3)cc1. The molecule has 5 heteroatoms. The summed E-state index contributed by atoms with van der Waals surface area (Å²) in [6, 6.07) is 16.1. The number of nitrogens with zero attached hydrogens (tertiary/aromatic N) is 3. The zero-order valence-electron chi connectivity index (χ0n) is 12.9. The number of ether oxygens (including phenoxy) is 2. The molecule has 0 aliphatic carbocycles. The first kappa shape index (κ1) is 13.8. The van der Waals surface area contributed by atoms with Crippen LogP contribution >= 0.6 is 0 Å². The molecule has 4 rings (SSSR count). The Morgan fingerprint density at radius 1 is 1.09 bits per heavy atom. The van der Waals surface area contributed by atoms with Gasteiger partial charge in [-0.3, -0.25) is 0 Å². The van der Waals surface area contributed by atoms with Crippen molar-refractivity contribution in [1.82, 2.24) is 14.8 Å². The van der Waals surface area contributed by atoms with Crippen LogP contribution in [-0.2, 0) is 19.6 Å². The van der Waals surface area contributed by atoms with Crippen molar-refractivity contribution in [3.8, 4) is 11.5 Å². The third-order valence-electron chi connectivity index (χ3n) is 4.08. The standard InChI is InChI=1S/C18H17N3O2/c1-22-15-8-6-13(7-9-15)10-17-19-20-18-12-23-16-5-3-2-4-14(16)11-21(17)18/h2-9H,10-12H2,1H3. The number of fused-ring (bicyclic) bond motifs is 2. The van der Waals surface area contributed by atoms with Gasteiger partial charge in [0.1, 0.15) is 23.9 Å². The summed E-state index contributed by atoms with van der Waals surface area (Å²) in [5, 5.41) is 8.64. The van der Waals surface area contributed by atoms with E-state index in [4.69, 9.17) is 9.47 Å². The van der Waals surface area contributed by atoms with Crippen molar-refractivity contribution in [2.45, 2.75) is 19.6 Å². The molecule has 1 aliphatic heterocycles. The minimum atomic E-state index is 0.451. The van der Waals surface area contributed by atoms with E-state index in [9.17, 15) is 0 Å². The Labute approximate surface area is 134 Å². The van der Waals surface area contributed by atoms with Gasteiger partial charge in [0, 0.05) is 12.0 Å². The summed E-state index contributed by atoms with van der Waals surface area (Å²) in [6.07, 6.45) is 0.735. The molecule has 2 aromatic carbocycles. The molecular weight excluding hydrogens is 290 g/mol. The lowest BCUT2D eigenvalue weighted by Gasteiger charge is -2.08. The van der Waals surface area contributed by atoms with Gasteiger partial charge in [-0.15, -0.1) is 10.2 Å². The number of para-hydroxylation sites is 1. The summed E-state index contributed by atoms with van der Waals surface area (Å²) < 4.78 is 13.2. The lowest BCUT2D eigenvalue weighted by atomic mass is 10.1. The molecule has 0 amide bonds. The van der Waals surface area contributed by atoms with Crippen LogP contribution in [0, 0.1) is 0 Å². The van der Waals surface area contributed by atoms with E-state index in [2.05, 4.69) is 33.0 Å². The Kier molecular flexibility index (Phi) is 3.46. The minimum Gasteiger partial charge on any atom is -0.497 e. The van der Waals surface area contributed by atoms with Crippen molar-refractivity contribution in [1.29, 1.82) is 0 Å². The summed E-state index contributed by atoms with van der Waals surface area (Å²) in [5.74, 6) is 3.60. The van der Waals surface area contributed by atoms with Crippen molar-refractivity contribution in [2.24, 2.45) is 0 Å². The molecule has 1 aromatic heterocycles. The van der Waals surface area contributed by atoms with Crippen molar-refractivity contribution in [3.05, 3.63) is 71.3 Å². The molecule has 0 atom stereocenters. The predicted molar refractivity (Wildman–Crippen MR) is 85.7 cm³/mol. The van der Waals surface area contributed by atoms with Crippen LogP contribution in [0.2, 0.25) is 0 Å². The second-order valence-electron chi connectivity index (χ2n) is 5.54. The van der Waals surface area contributed by atoms with Crippen LogP contribution < -0.4 is 9.47 Å². The number of methoxy groups -OCH3 is 1. The lowest BCUT2D eigenvalue weighted by Crippen LogP contribution is -2.08. The van der Waals surface area contributed by atoms with E-state index in [1.807, 2.05) is 30.3 Å². The molecule has 0 saturated heterocycles. The van der Waals surface area contributed by atoms with Gasteiger partial charge in [0.2, 0.25) is 0 Å². The van der Waals surface area contributed by atoms with Crippen LogP contribution in [0.5, 0.6) is 11.5 Å². The molecular formula is C18H17N3O2. The van der Waals surface area contributed by atoms with Gasteiger partial charge in [-0.25, -0.2) is 0 Å². The molecule has 5 nitrogen and oxygen atoms in total. The quantitative estimate of drug-likeness (QED) is 0.746. The van der Waals surface area contributed by atoms with Crippen LogP contribution in [0.15, 0.2) is 48.5 Å². The highest BCUT2D eigenvalue weighted by atomic mass is 16.5. The van der Waals surface area contributed by atoms with Crippen molar-refractivity contribution >= 4 is 0 Å². The number of benzene rings is 2. The normalized spacial score (nSPS) is 12.7. The van der Waals surface area contributed by atoms with Gasteiger partial charge in [-0.1, -0.05) is 30.3 Å². The molecule has 1 aliphatic rings. The first-order valence-corrected chi connectivity index (χ1v) is 7.58. The van der Waals surface area contributed by atoms with Crippen LogP contribution in [0.25, 0.3) is 0 Å². The van der Waals surface area contributed by atoms with E-state index < -0.39 is 0 Å². The fraction of sp³-hybridized carbons (Fsp3) is 0.222. The maximum Gasteiger partial charge on any atom is 0.171 e. The molecule has 116 valence electrons. The molecule has 0 spiro atoms. The fourth-order valence-electron chi connectivity index (χ4n) is 2.81. The van der Waals surface area contributed by atoms with Crippen molar-refractivity contribution < 1.29 is 9.47 Å². The Hall–Kier alpha value is -2.82. The average Bonchev–Trinajstić information content (AvgIpc) is 2.86. The zero-order chi connectivity index (χ0) is 15.6. The topological polar surface area (TPSA) is 49.2 Å². The monoisotopic (exact) mass is 307 g/mol. The number of aromatic nitrogens is 3. The Bertz CT molecular complexity index is 825. The molecule has 0 N–H and O–H groups in total. The van der Waals surface area contributed by atoms with Crippen LogP contribution in [-0.4, -0.2) is 21.9 Å². The molecule has 0 bridgehead atoms. The highest BCUT2D eigenvalue weighted by molar-refractivity contribution is 5.35. The van der Waals surface area contributed by atoms with Crippen molar-refractivity contribution in [2.75, 3.05) is 7.11 Å². The molecule has 3 aromatic rings. The van der Waals surface area contributed by atoms with Gasteiger partial charge in [0.05, 0.1) is 13.7 Å². The smallest absolute Gasteiger partial charge is 0.171 e. The van der Waals surface area contributed by atoms with E-state index in [1.54, 1.807) is 7.11 Å². The maximum absolute atomic E-state index is 5.83. The molecule has 0 radical (unpaired) electrons. The molecule has 0 fully saturated rings. The highest BCUT2D eigenvalue weighted by Gasteiger charge is 2.18. The summed E-state index contributed by atoms with van der Waals surface area (Å²) in [4.78, 5) is 0. The number of hydrogen-bond donors (Lipinski definition) is 0. The Morgan fingerprint density at radius 3 is 2.74 bits per heavy atom. The third-order valence-corrected chi connectivity index (χ3v) is 4.08. The van der Waals surface area contributed by atoms with Gasteiger partial charge in [-0.05, 0) is 23.8 Å². The third kappa shape index (κ3) is 2.65. The second-order valence-corrected chi connectivity index (χ2v) is 5.54. The number of rotatable bonds is 3. The minimum absolute atomic E-state index is 0.451. The molecule has 2 heterocycles. The molecule has 0 saturated carbocycles. The van der Waals surface area contributed by atoms with Crippen LogP contribution in [0.4, 0.5) is 0 Å².